The number of aromatic nitrogens is 3. The third-order valence-electron chi connectivity index (χ3n) is 10.8. The van der Waals surface area contributed by atoms with Crippen molar-refractivity contribution in [3.8, 4) is 33.6 Å². The Labute approximate surface area is 308 Å². The van der Waals surface area contributed by atoms with Crippen LogP contribution in [0.2, 0.25) is 0 Å². The van der Waals surface area contributed by atoms with E-state index in [1.54, 1.807) is 0 Å². The van der Waals surface area contributed by atoms with Crippen molar-refractivity contribution in [3.05, 3.63) is 78.4 Å². The van der Waals surface area contributed by atoms with Gasteiger partial charge in [-0.3, -0.25) is 9.59 Å². The van der Waals surface area contributed by atoms with Crippen molar-refractivity contribution in [2.24, 2.45) is 5.92 Å². The molecule has 2 aromatic heterocycles. The standard InChI is InChI=1S/C40H47N7O6/c1-24(2)34(44-38(50)52-3)36(48)46-21-5-7-32(46)30-18-17-29(42-30)27-13-9-25(10-14-27)26-11-15-28(16-12-26)31-23-41-35(43-31)33-8-6-22-47(33)37(49)40(19-20-40)45-39(51)53-4/h9-18,23-24,32-34,42H,5-8,19-22H2,1-4H3,(H,41,43)(H,44,50)(H,45,51)/t32-,33-,34?/m0/s1. The first kappa shape index (κ1) is 35.8. The van der Waals surface area contributed by atoms with E-state index in [4.69, 9.17) is 9.47 Å². The number of carbonyl (C=O) groups excluding carboxylic acids is 4. The number of rotatable bonds is 10. The molecule has 3 atom stereocenters. The summed E-state index contributed by atoms with van der Waals surface area (Å²) >= 11 is 0. The minimum absolute atomic E-state index is 0.0750. The molecule has 7 rings (SSSR count). The van der Waals surface area contributed by atoms with Crippen molar-refractivity contribution in [2.45, 2.75) is 76.0 Å². The van der Waals surface area contributed by atoms with Crippen LogP contribution in [0.1, 0.15) is 76.0 Å². The Hall–Kier alpha value is -5.59. The molecular formula is C40H47N7O6. The van der Waals surface area contributed by atoms with Crippen molar-refractivity contribution >= 4 is 24.0 Å². The van der Waals surface area contributed by atoms with E-state index >= 15 is 0 Å². The number of alkyl carbamates (subject to hydrolysis) is 2. The normalized spacial score (nSPS) is 19.6. The summed E-state index contributed by atoms with van der Waals surface area (Å²) in [6.45, 7) is 5.09. The topological polar surface area (TPSA) is 162 Å². The second kappa shape index (κ2) is 14.8. The molecule has 0 radical (unpaired) electrons. The molecule has 2 aliphatic heterocycles. The van der Waals surface area contributed by atoms with Crippen LogP contribution >= 0.6 is 0 Å². The minimum atomic E-state index is -0.868. The average molecular weight is 722 g/mol. The zero-order valence-electron chi connectivity index (χ0n) is 30.6. The Morgan fingerprint density at radius 1 is 0.755 bits per heavy atom. The van der Waals surface area contributed by atoms with Crippen molar-refractivity contribution in [1.29, 1.82) is 0 Å². The van der Waals surface area contributed by atoms with Gasteiger partial charge in [0.05, 0.1) is 38.2 Å². The fourth-order valence-electron chi connectivity index (χ4n) is 7.68. The second-order valence-corrected chi connectivity index (χ2v) is 14.6. The van der Waals surface area contributed by atoms with Crippen LogP contribution in [0.15, 0.2) is 66.9 Å². The van der Waals surface area contributed by atoms with E-state index in [2.05, 4.69) is 80.2 Å². The molecule has 4 amide bonds. The highest BCUT2D eigenvalue weighted by Crippen LogP contribution is 2.42. The Balaban J connectivity index is 0.997. The Morgan fingerprint density at radius 3 is 1.94 bits per heavy atom. The van der Waals surface area contributed by atoms with E-state index in [1.807, 2.05) is 35.9 Å². The highest BCUT2D eigenvalue weighted by molar-refractivity contribution is 5.93. The number of hydrogen-bond donors (Lipinski definition) is 4. The lowest BCUT2D eigenvalue weighted by Crippen LogP contribution is -2.51. The molecule has 1 unspecified atom stereocenters. The smallest absolute Gasteiger partial charge is 0.407 e. The molecule has 13 heteroatoms. The molecule has 3 fully saturated rings. The van der Waals surface area contributed by atoms with Gasteiger partial charge in [0.15, 0.2) is 0 Å². The predicted molar refractivity (Wildman–Crippen MR) is 198 cm³/mol. The van der Waals surface area contributed by atoms with E-state index in [0.29, 0.717) is 25.9 Å². The molecule has 3 aliphatic rings. The number of imidazole rings is 1. The first-order valence-corrected chi connectivity index (χ1v) is 18.4. The van der Waals surface area contributed by atoms with Gasteiger partial charge < -0.3 is 39.9 Å². The highest BCUT2D eigenvalue weighted by atomic mass is 16.5. The lowest BCUT2D eigenvalue weighted by atomic mass is 10.0. The minimum Gasteiger partial charge on any atom is -0.453 e. The van der Waals surface area contributed by atoms with Gasteiger partial charge in [-0.25, -0.2) is 14.6 Å². The third-order valence-corrected chi connectivity index (χ3v) is 10.8. The predicted octanol–water partition coefficient (Wildman–Crippen LogP) is 6.34. The summed E-state index contributed by atoms with van der Waals surface area (Å²) in [5, 5.41) is 5.46. The third kappa shape index (κ3) is 7.24. The first-order chi connectivity index (χ1) is 25.6. The van der Waals surface area contributed by atoms with E-state index in [-0.39, 0.29) is 29.8 Å². The largest absolute Gasteiger partial charge is 0.453 e. The summed E-state index contributed by atoms with van der Waals surface area (Å²) in [7, 11) is 2.60. The lowest BCUT2D eigenvalue weighted by Gasteiger charge is -2.30. The van der Waals surface area contributed by atoms with Crippen LogP contribution in [-0.4, -0.2) is 87.6 Å². The number of ether oxygens (including phenoxy) is 2. The van der Waals surface area contributed by atoms with Gasteiger partial charge in [0, 0.05) is 24.5 Å². The molecule has 1 saturated carbocycles. The fraction of sp³-hybridized carbons (Fsp3) is 0.425. The van der Waals surface area contributed by atoms with Gasteiger partial charge in [-0.1, -0.05) is 62.4 Å². The van der Waals surface area contributed by atoms with Gasteiger partial charge >= 0.3 is 12.2 Å². The second-order valence-electron chi connectivity index (χ2n) is 14.6. The Kier molecular flexibility index (Phi) is 10.00. The maximum Gasteiger partial charge on any atom is 0.407 e. The zero-order valence-corrected chi connectivity index (χ0v) is 30.6. The number of benzene rings is 2. The SMILES string of the molecule is COC(=O)NC(C(=O)N1CCC[C@H]1c1ccc(-c2ccc(-c3ccc(-c4cnc([C@@H]5CCCN5C(=O)C5(NC(=O)OC)CC5)[nH]4)cc3)cc2)[nH]1)C(C)C. The van der Waals surface area contributed by atoms with E-state index in [1.165, 1.54) is 14.2 Å². The van der Waals surface area contributed by atoms with Crippen LogP contribution < -0.4 is 10.6 Å². The maximum absolute atomic E-state index is 13.5. The number of nitrogens with zero attached hydrogens (tertiary/aromatic N) is 3. The molecule has 53 heavy (non-hydrogen) atoms. The zero-order chi connectivity index (χ0) is 37.3. The summed E-state index contributed by atoms with van der Waals surface area (Å²) < 4.78 is 9.51. The summed E-state index contributed by atoms with van der Waals surface area (Å²) in [4.78, 5) is 66.2. The number of likely N-dealkylation sites (tertiary alicyclic amines) is 2. The van der Waals surface area contributed by atoms with Crippen LogP contribution in [0.5, 0.6) is 0 Å². The summed E-state index contributed by atoms with van der Waals surface area (Å²) in [5.41, 5.74) is 6.14. The summed E-state index contributed by atoms with van der Waals surface area (Å²) in [6.07, 6.45) is 5.25. The van der Waals surface area contributed by atoms with Crippen molar-refractivity contribution < 1.29 is 28.7 Å². The molecule has 0 bridgehead atoms. The van der Waals surface area contributed by atoms with Crippen LogP contribution in [0, 0.1) is 5.92 Å². The van der Waals surface area contributed by atoms with Gasteiger partial charge in [0.1, 0.15) is 17.4 Å². The summed E-state index contributed by atoms with van der Waals surface area (Å²) in [6, 6.07) is 19.9. The molecule has 4 N–H and O–H groups in total. The van der Waals surface area contributed by atoms with Gasteiger partial charge in [-0.15, -0.1) is 0 Å². The number of methoxy groups -OCH3 is 2. The Bertz CT molecular complexity index is 1960. The number of aromatic amines is 2. The van der Waals surface area contributed by atoms with Crippen LogP contribution in [0.3, 0.4) is 0 Å². The fourth-order valence-corrected chi connectivity index (χ4v) is 7.68. The van der Waals surface area contributed by atoms with Gasteiger partial charge in [-0.2, -0.15) is 0 Å². The molecule has 2 aromatic carbocycles. The van der Waals surface area contributed by atoms with E-state index < -0.39 is 23.8 Å². The molecule has 2 saturated heterocycles. The van der Waals surface area contributed by atoms with Crippen LogP contribution in [0.25, 0.3) is 33.6 Å². The lowest BCUT2D eigenvalue weighted by molar-refractivity contribution is -0.136. The Morgan fingerprint density at radius 2 is 1.34 bits per heavy atom. The molecule has 13 nitrogen and oxygen atoms in total. The molecule has 278 valence electrons. The number of nitrogens with one attached hydrogen (secondary N) is 4. The number of carbonyl (C=O) groups is 4. The number of hydrogen-bond acceptors (Lipinski definition) is 7. The summed E-state index contributed by atoms with van der Waals surface area (Å²) in [5.74, 6) is 0.488. The van der Waals surface area contributed by atoms with Crippen LogP contribution in [-0.2, 0) is 19.1 Å². The van der Waals surface area contributed by atoms with Crippen molar-refractivity contribution in [1.82, 2.24) is 35.4 Å². The number of amides is 4. The molecular weight excluding hydrogens is 674 g/mol. The van der Waals surface area contributed by atoms with Crippen molar-refractivity contribution in [2.75, 3.05) is 27.3 Å². The average Bonchev–Trinajstić information content (AvgIpc) is 3.75. The highest BCUT2D eigenvalue weighted by Gasteiger charge is 2.55. The molecule has 4 aromatic rings. The maximum atomic E-state index is 13.5. The monoisotopic (exact) mass is 721 g/mol. The molecule has 1 aliphatic carbocycles. The van der Waals surface area contributed by atoms with Crippen molar-refractivity contribution in [3.63, 3.8) is 0 Å². The van der Waals surface area contributed by atoms with Gasteiger partial charge in [-0.05, 0) is 78.8 Å². The molecule has 0 spiro atoms. The first-order valence-electron chi connectivity index (χ1n) is 18.4. The quantitative estimate of drug-likeness (QED) is 0.149. The number of H-pyrrole nitrogens is 2. The molecule has 4 heterocycles. The van der Waals surface area contributed by atoms with E-state index in [0.717, 1.165) is 70.8 Å². The van der Waals surface area contributed by atoms with E-state index in [9.17, 15) is 19.2 Å². The van der Waals surface area contributed by atoms with Crippen LogP contribution in [0.4, 0.5) is 9.59 Å². The van der Waals surface area contributed by atoms with Gasteiger partial charge in [0.25, 0.3) is 0 Å². The van der Waals surface area contributed by atoms with Gasteiger partial charge in [0.2, 0.25) is 11.8 Å².